The Morgan fingerprint density at radius 3 is 2.88 bits per heavy atom. The molecule has 1 aromatic rings. The van der Waals surface area contributed by atoms with E-state index < -0.39 is 5.54 Å². The van der Waals surface area contributed by atoms with Crippen molar-refractivity contribution in [1.82, 2.24) is 20.0 Å². The van der Waals surface area contributed by atoms with E-state index in [1.807, 2.05) is 25.5 Å². The van der Waals surface area contributed by atoms with Gasteiger partial charge in [-0.3, -0.25) is 14.4 Å². The summed E-state index contributed by atoms with van der Waals surface area (Å²) in [7, 11) is 0. The van der Waals surface area contributed by atoms with E-state index in [0.717, 1.165) is 30.8 Å². The zero-order valence-corrected chi connectivity index (χ0v) is 15.3. The van der Waals surface area contributed by atoms with E-state index in [9.17, 15) is 10.1 Å². The molecule has 2 heterocycles. The molecule has 25 heavy (non-hydrogen) atoms. The number of rotatable bonds is 6. The molecule has 136 valence electrons. The monoisotopic (exact) mass is 345 g/mol. The van der Waals surface area contributed by atoms with Crippen molar-refractivity contribution in [2.24, 2.45) is 5.92 Å². The van der Waals surface area contributed by atoms with Crippen LogP contribution in [-0.2, 0) is 16.1 Å². The lowest BCUT2D eigenvalue weighted by molar-refractivity contribution is -0.125. The van der Waals surface area contributed by atoms with Crippen molar-refractivity contribution in [2.45, 2.75) is 51.8 Å². The van der Waals surface area contributed by atoms with Crippen LogP contribution in [0.5, 0.6) is 0 Å². The molecule has 7 nitrogen and oxygen atoms in total. The normalized spacial score (nSPS) is 23.7. The molecular formula is C18H27N5O2. The molecule has 1 amide bonds. The van der Waals surface area contributed by atoms with Gasteiger partial charge in [-0.2, -0.15) is 10.4 Å². The Bertz CT molecular complexity index is 675. The van der Waals surface area contributed by atoms with Crippen LogP contribution >= 0.6 is 0 Å². The largest absolute Gasteiger partial charge is 0.374 e. The highest BCUT2D eigenvalue weighted by atomic mass is 16.5. The van der Waals surface area contributed by atoms with Crippen molar-refractivity contribution in [3.8, 4) is 6.07 Å². The van der Waals surface area contributed by atoms with Gasteiger partial charge in [0.15, 0.2) is 0 Å². The second-order valence-corrected chi connectivity index (χ2v) is 7.47. The van der Waals surface area contributed by atoms with Gasteiger partial charge >= 0.3 is 0 Å². The Kier molecular flexibility index (Phi) is 5.11. The van der Waals surface area contributed by atoms with Gasteiger partial charge in [-0.05, 0) is 45.6 Å². The Morgan fingerprint density at radius 1 is 1.52 bits per heavy atom. The summed E-state index contributed by atoms with van der Waals surface area (Å²) in [5, 5.41) is 16.8. The second kappa shape index (κ2) is 7.14. The molecule has 1 aliphatic carbocycles. The Labute approximate surface area is 148 Å². The van der Waals surface area contributed by atoms with Gasteiger partial charge in [-0.1, -0.05) is 0 Å². The van der Waals surface area contributed by atoms with Crippen molar-refractivity contribution < 1.29 is 9.53 Å². The number of nitriles is 1. The standard InChI is InChI=1S/C18H27N5O2/c1-13-8-14(2)23(21-13)10-16-9-22(6-7-25-16)11-17(24)20-18(3,12-19)15-4-5-15/h8,15-16H,4-7,9-11H2,1-3H3,(H,20,24)/t16-,18+/m1/s1. The molecule has 2 atom stereocenters. The predicted molar refractivity (Wildman–Crippen MR) is 92.8 cm³/mol. The molecule has 2 aliphatic rings. The molecule has 1 N–H and O–H groups in total. The van der Waals surface area contributed by atoms with Crippen LogP contribution in [0.2, 0.25) is 0 Å². The van der Waals surface area contributed by atoms with Crippen LogP contribution in [0.15, 0.2) is 6.07 Å². The number of carbonyl (C=O) groups is 1. The van der Waals surface area contributed by atoms with Crippen LogP contribution in [-0.4, -0.2) is 58.5 Å². The molecular weight excluding hydrogens is 318 g/mol. The minimum absolute atomic E-state index is 0.0188. The fourth-order valence-corrected chi connectivity index (χ4v) is 3.50. The average molecular weight is 345 g/mol. The van der Waals surface area contributed by atoms with E-state index in [4.69, 9.17) is 4.74 Å². The third-order valence-corrected chi connectivity index (χ3v) is 5.10. The van der Waals surface area contributed by atoms with Crippen LogP contribution in [0.4, 0.5) is 0 Å². The SMILES string of the molecule is Cc1cc(C)n(C[C@H]2CN(CC(=O)N[C@@](C)(C#N)C3CC3)CCO2)n1. The first-order chi connectivity index (χ1) is 11.9. The van der Waals surface area contributed by atoms with Gasteiger partial charge in [-0.25, -0.2) is 0 Å². The van der Waals surface area contributed by atoms with E-state index in [1.54, 1.807) is 0 Å². The lowest BCUT2D eigenvalue weighted by Gasteiger charge is -2.33. The zero-order valence-electron chi connectivity index (χ0n) is 15.3. The van der Waals surface area contributed by atoms with E-state index in [0.29, 0.717) is 32.2 Å². The number of ether oxygens (including phenoxy) is 1. The highest BCUT2D eigenvalue weighted by Crippen LogP contribution is 2.39. The van der Waals surface area contributed by atoms with E-state index >= 15 is 0 Å². The average Bonchev–Trinajstić information content (AvgIpc) is 3.35. The molecule has 0 spiro atoms. The maximum absolute atomic E-state index is 12.4. The number of nitrogens with one attached hydrogen (secondary N) is 1. The van der Waals surface area contributed by atoms with Crippen molar-refractivity contribution >= 4 is 5.91 Å². The highest BCUT2D eigenvalue weighted by Gasteiger charge is 2.43. The number of aromatic nitrogens is 2. The number of morpholine rings is 1. The van der Waals surface area contributed by atoms with Gasteiger partial charge in [0.2, 0.25) is 5.91 Å². The first-order valence-electron chi connectivity index (χ1n) is 8.97. The smallest absolute Gasteiger partial charge is 0.235 e. The zero-order chi connectivity index (χ0) is 18.0. The third-order valence-electron chi connectivity index (χ3n) is 5.10. The van der Waals surface area contributed by atoms with E-state index in [-0.39, 0.29) is 12.0 Å². The summed E-state index contributed by atoms with van der Waals surface area (Å²) in [6.07, 6.45) is 2.06. The number of aryl methyl sites for hydroxylation is 2. The maximum atomic E-state index is 12.4. The molecule has 1 saturated heterocycles. The molecule has 7 heteroatoms. The van der Waals surface area contributed by atoms with Gasteiger partial charge in [0.25, 0.3) is 0 Å². The van der Waals surface area contributed by atoms with Crippen LogP contribution < -0.4 is 5.32 Å². The van der Waals surface area contributed by atoms with Crippen molar-refractivity contribution in [1.29, 1.82) is 5.26 Å². The Morgan fingerprint density at radius 2 is 2.28 bits per heavy atom. The molecule has 0 unspecified atom stereocenters. The summed E-state index contributed by atoms with van der Waals surface area (Å²) < 4.78 is 7.80. The highest BCUT2D eigenvalue weighted by molar-refractivity contribution is 5.79. The molecule has 3 rings (SSSR count). The minimum Gasteiger partial charge on any atom is -0.374 e. The summed E-state index contributed by atoms with van der Waals surface area (Å²) in [6.45, 7) is 8.87. The summed E-state index contributed by atoms with van der Waals surface area (Å²) in [4.78, 5) is 14.5. The molecule has 0 aromatic carbocycles. The van der Waals surface area contributed by atoms with Crippen LogP contribution in [0.1, 0.15) is 31.2 Å². The van der Waals surface area contributed by atoms with Crippen molar-refractivity contribution in [3.05, 3.63) is 17.5 Å². The van der Waals surface area contributed by atoms with Crippen LogP contribution in [0, 0.1) is 31.1 Å². The van der Waals surface area contributed by atoms with Gasteiger partial charge in [-0.15, -0.1) is 0 Å². The molecule has 2 fully saturated rings. The number of hydrogen-bond acceptors (Lipinski definition) is 5. The summed E-state index contributed by atoms with van der Waals surface area (Å²) >= 11 is 0. The summed E-state index contributed by atoms with van der Waals surface area (Å²) in [5.74, 6) is 0.215. The fraction of sp³-hybridized carbons (Fsp3) is 0.722. The first-order valence-corrected chi connectivity index (χ1v) is 8.97. The van der Waals surface area contributed by atoms with Crippen LogP contribution in [0.25, 0.3) is 0 Å². The number of amides is 1. The second-order valence-electron chi connectivity index (χ2n) is 7.47. The molecule has 1 aliphatic heterocycles. The van der Waals surface area contributed by atoms with Crippen LogP contribution in [0.3, 0.4) is 0 Å². The number of nitrogens with zero attached hydrogens (tertiary/aromatic N) is 4. The van der Waals surface area contributed by atoms with Gasteiger partial charge in [0, 0.05) is 18.8 Å². The minimum atomic E-state index is -0.730. The summed E-state index contributed by atoms with van der Waals surface area (Å²) in [5.41, 5.74) is 1.39. The Hall–Kier alpha value is -1.91. The van der Waals surface area contributed by atoms with Gasteiger partial charge in [0.05, 0.1) is 37.6 Å². The molecule has 0 radical (unpaired) electrons. The molecule has 1 saturated carbocycles. The Balaban J connectivity index is 1.52. The molecule has 0 bridgehead atoms. The number of carbonyl (C=O) groups excluding carboxylic acids is 1. The third kappa shape index (κ3) is 4.39. The lowest BCUT2D eigenvalue weighted by Crippen LogP contribution is -2.53. The lowest BCUT2D eigenvalue weighted by atomic mass is 9.98. The predicted octanol–water partition coefficient (Wildman–Crippen LogP) is 1.01. The van der Waals surface area contributed by atoms with E-state index in [1.165, 1.54) is 0 Å². The van der Waals surface area contributed by atoms with E-state index in [2.05, 4.69) is 27.5 Å². The fourth-order valence-electron chi connectivity index (χ4n) is 3.50. The summed E-state index contributed by atoms with van der Waals surface area (Å²) in [6, 6.07) is 4.32. The van der Waals surface area contributed by atoms with Crippen molar-refractivity contribution in [2.75, 3.05) is 26.2 Å². The molecule has 1 aromatic heterocycles. The van der Waals surface area contributed by atoms with Gasteiger partial charge < -0.3 is 10.1 Å². The number of hydrogen-bond donors (Lipinski definition) is 1. The van der Waals surface area contributed by atoms with Gasteiger partial charge in [0.1, 0.15) is 5.54 Å². The maximum Gasteiger partial charge on any atom is 0.235 e. The van der Waals surface area contributed by atoms with Crippen molar-refractivity contribution in [3.63, 3.8) is 0 Å². The first kappa shape index (κ1) is 17.9. The topological polar surface area (TPSA) is 83.2 Å². The quantitative estimate of drug-likeness (QED) is 0.832.